The predicted octanol–water partition coefficient (Wildman–Crippen LogP) is 2.87. The van der Waals surface area contributed by atoms with E-state index in [2.05, 4.69) is 15.3 Å². The Morgan fingerprint density at radius 3 is 2.86 bits per heavy atom. The Morgan fingerprint density at radius 2 is 2.07 bits per heavy atom. The molecule has 0 fully saturated rings. The molecule has 140 valence electrons. The lowest BCUT2D eigenvalue weighted by atomic mass is 10.1. The fourth-order valence-electron chi connectivity index (χ4n) is 2.76. The van der Waals surface area contributed by atoms with E-state index in [0.29, 0.717) is 32.4 Å². The van der Waals surface area contributed by atoms with Crippen molar-refractivity contribution < 1.29 is 9.53 Å². The molecule has 8 heteroatoms. The molecule has 0 spiro atoms. The maximum atomic E-state index is 12.5. The van der Waals surface area contributed by atoms with Gasteiger partial charge >= 0.3 is 4.87 Å². The summed E-state index contributed by atoms with van der Waals surface area (Å²) < 4.78 is 5.17. The number of amides is 1. The smallest absolute Gasteiger partial charge is 0.306 e. The number of halogens is 1. The van der Waals surface area contributed by atoms with Crippen molar-refractivity contribution in [1.29, 1.82) is 0 Å². The fraction of sp³-hybridized carbons (Fsp3) is 0.0500. The maximum Gasteiger partial charge on any atom is 0.306 e. The number of H-pyrrole nitrogens is 1. The minimum atomic E-state index is -0.379. The molecule has 1 amide bonds. The number of thiazole rings is 1. The highest BCUT2D eigenvalue weighted by Crippen LogP contribution is 2.25. The molecule has 0 atom stereocenters. The van der Waals surface area contributed by atoms with Gasteiger partial charge in [-0.15, -0.1) is 0 Å². The van der Waals surface area contributed by atoms with Crippen molar-refractivity contribution in [3.63, 3.8) is 0 Å². The second kappa shape index (κ2) is 7.46. The molecule has 28 heavy (non-hydrogen) atoms. The summed E-state index contributed by atoms with van der Waals surface area (Å²) in [4.78, 5) is 31.6. The number of hydrogen-bond acceptors (Lipinski definition) is 5. The monoisotopic (exact) mass is 411 g/mol. The molecule has 0 aliphatic carbocycles. The van der Waals surface area contributed by atoms with Crippen molar-refractivity contribution in [2.24, 2.45) is 4.99 Å². The Bertz CT molecular complexity index is 1290. The largest absolute Gasteiger partial charge is 0.497 e. The molecule has 1 aromatic heterocycles. The number of nitrogens with one attached hydrogen (secondary N) is 2. The highest BCUT2D eigenvalue weighted by atomic mass is 35.5. The van der Waals surface area contributed by atoms with Gasteiger partial charge in [-0.05, 0) is 42.5 Å². The van der Waals surface area contributed by atoms with Gasteiger partial charge in [-0.3, -0.25) is 14.6 Å². The summed E-state index contributed by atoms with van der Waals surface area (Å²) in [5, 5.41) is 5.06. The van der Waals surface area contributed by atoms with Crippen LogP contribution in [0.15, 0.2) is 57.8 Å². The highest BCUT2D eigenvalue weighted by molar-refractivity contribution is 7.10. The van der Waals surface area contributed by atoms with Gasteiger partial charge in [0, 0.05) is 27.6 Å². The van der Waals surface area contributed by atoms with Crippen molar-refractivity contribution in [2.45, 2.75) is 0 Å². The number of anilines is 2. The Kier molecular flexibility index (Phi) is 4.85. The lowest BCUT2D eigenvalue weighted by Gasteiger charge is -2.07. The van der Waals surface area contributed by atoms with Gasteiger partial charge < -0.3 is 10.1 Å². The molecule has 4 rings (SSSR count). The third-order valence-corrected chi connectivity index (χ3v) is 5.14. The van der Waals surface area contributed by atoms with Crippen LogP contribution in [0.2, 0.25) is 5.02 Å². The van der Waals surface area contributed by atoms with Gasteiger partial charge in [0.1, 0.15) is 11.6 Å². The van der Waals surface area contributed by atoms with Gasteiger partial charge in [0.05, 0.1) is 17.3 Å². The van der Waals surface area contributed by atoms with Gasteiger partial charge in [0.2, 0.25) is 0 Å². The molecule has 0 radical (unpaired) electrons. The number of ether oxygens (including phenoxy) is 1. The zero-order valence-corrected chi connectivity index (χ0v) is 16.2. The van der Waals surface area contributed by atoms with Gasteiger partial charge in [-0.2, -0.15) is 0 Å². The molecule has 1 aliphatic heterocycles. The molecule has 0 unspecified atom stereocenters. The molecule has 2 aromatic carbocycles. The lowest BCUT2D eigenvalue weighted by Crippen LogP contribution is -2.30. The van der Waals surface area contributed by atoms with E-state index in [9.17, 15) is 9.59 Å². The number of methoxy groups -OCH3 is 1. The predicted molar refractivity (Wildman–Crippen MR) is 111 cm³/mol. The van der Waals surface area contributed by atoms with Gasteiger partial charge in [0.25, 0.3) is 5.91 Å². The van der Waals surface area contributed by atoms with E-state index >= 15 is 0 Å². The summed E-state index contributed by atoms with van der Waals surface area (Å²) in [5.74, 6) is 0.745. The van der Waals surface area contributed by atoms with E-state index in [1.54, 1.807) is 49.6 Å². The van der Waals surface area contributed by atoms with Crippen LogP contribution in [0.5, 0.6) is 5.75 Å². The van der Waals surface area contributed by atoms with Crippen LogP contribution in [0.4, 0.5) is 11.5 Å². The molecule has 0 saturated heterocycles. The van der Waals surface area contributed by atoms with Crippen LogP contribution in [0.3, 0.4) is 0 Å². The first-order valence-corrected chi connectivity index (χ1v) is 9.47. The molecule has 6 nitrogen and oxygen atoms in total. The van der Waals surface area contributed by atoms with Crippen molar-refractivity contribution >= 4 is 52.5 Å². The number of rotatable bonds is 4. The summed E-state index contributed by atoms with van der Waals surface area (Å²) in [7, 11) is 1.56. The Labute approximate surface area is 168 Å². The van der Waals surface area contributed by atoms with Crippen LogP contribution in [-0.4, -0.2) is 18.0 Å². The Hall–Kier alpha value is -3.16. The van der Waals surface area contributed by atoms with Gasteiger partial charge in [-0.1, -0.05) is 29.0 Å². The SMILES string of the molecule is COc1ccc2c(c1)=NC(=O)C(=Cc1sc(=O)[nH]c1Nc1cccc(Cl)c1)C=2. The van der Waals surface area contributed by atoms with Crippen LogP contribution in [0, 0.1) is 0 Å². The Morgan fingerprint density at radius 1 is 1.21 bits per heavy atom. The second-order valence-electron chi connectivity index (χ2n) is 5.97. The summed E-state index contributed by atoms with van der Waals surface area (Å²) in [6.45, 7) is 0. The zero-order valence-electron chi connectivity index (χ0n) is 14.7. The summed E-state index contributed by atoms with van der Waals surface area (Å²) in [5.41, 5.74) is 1.12. The second-order valence-corrected chi connectivity index (χ2v) is 7.43. The molecular weight excluding hydrogens is 398 g/mol. The number of benzene rings is 2. The number of aromatic nitrogens is 1. The van der Waals surface area contributed by atoms with E-state index in [4.69, 9.17) is 16.3 Å². The first-order valence-electron chi connectivity index (χ1n) is 8.28. The maximum absolute atomic E-state index is 12.5. The van der Waals surface area contributed by atoms with Crippen molar-refractivity contribution in [3.8, 4) is 5.75 Å². The van der Waals surface area contributed by atoms with Crippen molar-refractivity contribution in [1.82, 2.24) is 4.98 Å². The lowest BCUT2D eigenvalue weighted by molar-refractivity contribution is -0.114. The van der Waals surface area contributed by atoms with Gasteiger partial charge in [0.15, 0.2) is 0 Å². The third-order valence-electron chi connectivity index (χ3n) is 4.07. The van der Waals surface area contributed by atoms with Gasteiger partial charge in [-0.25, -0.2) is 4.99 Å². The zero-order chi connectivity index (χ0) is 19.7. The first kappa shape index (κ1) is 18.2. The topological polar surface area (TPSA) is 83.5 Å². The van der Waals surface area contributed by atoms with Crippen molar-refractivity contribution in [2.75, 3.05) is 12.4 Å². The summed E-state index contributed by atoms with van der Waals surface area (Å²) >= 11 is 7.01. The average molecular weight is 412 g/mol. The Balaban J connectivity index is 1.74. The van der Waals surface area contributed by atoms with Crippen LogP contribution in [0.25, 0.3) is 12.2 Å². The summed E-state index contributed by atoms with van der Waals surface area (Å²) in [6, 6.07) is 12.5. The van der Waals surface area contributed by atoms with E-state index in [1.165, 1.54) is 0 Å². The number of hydrogen-bond donors (Lipinski definition) is 2. The van der Waals surface area contributed by atoms with Crippen LogP contribution >= 0.6 is 22.9 Å². The number of aromatic amines is 1. The molecule has 0 bridgehead atoms. The minimum absolute atomic E-state index is 0.235. The standard InChI is InChI=1S/C20H14ClN3O3S/c1-27-15-6-5-11-7-12(19(25)23-16(11)10-15)8-17-18(24-20(26)28-17)22-14-4-2-3-13(21)9-14/h2-10,22H,1H3,(H,24,26). The quantitative estimate of drug-likeness (QED) is 0.646. The van der Waals surface area contributed by atoms with E-state index in [0.717, 1.165) is 22.2 Å². The molecule has 3 aromatic rings. The average Bonchev–Trinajstić information content (AvgIpc) is 3.00. The van der Waals surface area contributed by atoms with Crippen LogP contribution in [-0.2, 0) is 4.79 Å². The normalized spacial score (nSPS) is 14.2. The molecular formula is C20H14ClN3O3S. The van der Waals surface area contributed by atoms with E-state index in [-0.39, 0.29) is 10.8 Å². The van der Waals surface area contributed by atoms with Crippen LogP contribution < -0.4 is 25.5 Å². The third kappa shape index (κ3) is 3.76. The fourth-order valence-corrected chi connectivity index (χ4v) is 3.70. The number of fused-ring (bicyclic) bond motifs is 1. The van der Waals surface area contributed by atoms with E-state index < -0.39 is 0 Å². The number of carbonyl (C=O) groups is 1. The molecule has 2 N–H and O–H groups in total. The summed E-state index contributed by atoms with van der Waals surface area (Å²) in [6.07, 6.45) is 3.39. The number of carbonyl (C=O) groups excluding carboxylic acids is 1. The minimum Gasteiger partial charge on any atom is -0.497 e. The number of nitrogens with zero attached hydrogens (tertiary/aromatic N) is 1. The molecule has 0 saturated carbocycles. The first-order chi connectivity index (χ1) is 13.5. The van der Waals surface area contributed by atoms with Crippen LogP contribution in [0.1, 0.15) is 4.88 Å². The van der Waals surface area contributed by atoms with Crippen molar-refractivity contribution in [3.05, 3.63) is 78.2 Å². The molecule has 2 heterocycles. The highest BCUT2D eigenvalue weighted by Gasteiger charge is 2.14. The van der Waals surface area contributed by atoms with E-state index in [1.807, 2.05) is 12.1 Å². The molecule has 1 aliphatic rings.